The third-order valence-corrected chi connectivity index (χ3v) is 4.26. The molecule has 0 aliphatic carbocycles. The maximum atomic E-state index is 11.0. The smallest absolute Gasteiger partial charge is 0.188 e. The molecule has 0 radical (unpaired) electrons. The van der Waals surface area contributed by atoms with Crippen molar-refractivity contribution >= 4 is 0 Å². The van der Waals surface area contributed by atoms with E-state index in [2.05, 4.69) is 26.8 Å². The molecule has 0 spiro atoms. The van der Waals surface area contributed by atoms with Crippen LogP contribution in [-0.2, 0) is 14.2 Å². The Labute approximate surface area is 174 Å². The van der Waals surface area contributed by atoms with E-state index < -0.39 is 6.10 Å². The van der Waals surface area contributed by atoms with Gasteiger partial charge in [-0.3, -0.25) is 0 Å². The highest BCUT2D eigenvalue weighted by Gasteiger charge is 2.23. The first-order valence-electron chi connectivity index (χ1n) is 9.77. The van der Waals surface area contributed by atoms with Crippen LogP contribution in [-0.4, -0.2) is 46.8 Å². The Bertz CT molecular complexity index is 582. The number of hydrogen-bond donors (Lipinski definition) is 1. The number of rotatable bonds is 15. The van der Waals surface area contributed by atoms with Gasteiger partial charge in [-0.25, -0.2) is 0 Å². The fourth-order valence-electron chi connectivity index (χ4n) is 2.87. The lowest BCUT2D eigenvalue weighted by Gasteiger charge is -2.23. The third kappa shape index (κ3) is 9.49. The number of aliphatic hydroxyl groups is 1. The Morgan fingerprint density at radius 2 is 1.45 bits per heavy atom. The lowest BCUT2D eigenvalue weighted by Crippen LogP contribution is -2.12. The summed E-state index contributed by atoms with van der Waals surface area (Å²) in [6, 6.07) is 3.40. The topological polar surface area (TPSA) is 75.6 Å². The van der Waals surface area contributed by atoms with Gasteiger partial charge in [-0.15, -0.1) is 0 Å². The Balaban J connectivity index is 3.11. The van der Waals surface area contributed by atoms with Crippen LogP contribution >= 0.6 is 0 Å². The number of allylic oxidation sites excluding steroid dienone is 2. The maximum Gasteiger partial charge on any atom is 0.188 e. The van der Waals surface area contributed by atoms with Crippen LogP contribution in [0.25, 0.3) is 0 Å². The summed E-state index contributed by atoms with van der Waals surface area (Å²) in [7, 11) is 4.61. The number of ether oxygens (including phenoxy) is 6. The molecule has 0 aromatic heterocycles. The summed E-state index contributed by atoms with van der Waals surface area (Å²) in [6.45, 7) is 6.46. The summed E-state index contributed by atoms with van der Waals surface area (Å²) >= 11 is 0. The van der Waals surface area contributed by atoms with E-state index in [9.17, 15) is 5.11 Å². The summed E-state index contributed by atoms with van der Waals surface area (Å²) in [5.41, 5.74) is 1.85. The predicted molar refractivity (Wildman–Crippen MR) is 111 cm³/mol. The molecule has 0 bridgehead atoms. The van der Waals surface area contributed by atoms with Crippen LogP contribution in [0.2, 0.25) is 0 Å². The molecule has 7 heteroatoms. The van der Waals surface area contributed by atoms with E-state index in [1.807, 2.05) is 0 Å². The van der Waals surface area contributed by atoms with Crippen LogP contribution in [0.3, 0.4) is 0 Å². The second kappa shape index (κ2) is 14.2. The van der Waals surface area contributed by atoms with Gasteiger partial charge in [-0.1, -0.05) is 18.6 Å². The van der Waals surface area contributed by atoms with E-state index in [0.717, 1.165) is 12.8 Å². The van der Waals surface area contributed by atoms with Crippen molar-refractivity contribution in [3.8, 4) is 17.2 Å². The zero-order chi connectivity index (χ0) is 21.6. The number of aliphatic hydroxyl groups excluding tert-OH is 1. The second-order valence-electron chi connectivity index (χ2n) is 7.20. The van der Waals surface area contributed by atoms with Crippen molar-refractivity contribution in [2.45, 2.75) is 46.1 Å². The highest BCUT2D eigenvalue weighted by Crippen LogP contribution is 2.41. The molecule has 0 aliphatic rings. The summed E-state index contributed by atoms with van der Waals surface area (Å²) in [5.74, 6) is 1.69. The molecule has 1 rings (SSSR count). The van der Waals surface area contributed by atoms with Gasteiger partial charge in [0.1, 0.15) is 17.2 Å². The molecule has 29 heavy (non-hydrogen) atoms. The van der Waals surface area contributed by atoms with Crippen molar-refractivity contribution in [1.29, 1.82) is 0 Å². The zero-order valence-corrected chi connectivity index (χ0v) is 18.5. The molecule has 0 heterocycles. The van der Waals surface area contributed by atoms with Crippen molar-refractivity contribution < 1.29 is 33.5 Å². The molecule has 2 atom stereocenters. The first-order valence-corrected chi connectivity index (χ1v) is 9.77. The second-order valence-corrected chi connectivity index (χ2v) is 7.20. The first kappa shape index (κ1) is 25.2. The van der Waals surface area contributed by atoms with Crippen molar-refractivity contribution in [2.24, 2.45) is 5.92 Å². The Morgan fingerprint density at radius 3 is 1.93 bits per heavy atom. The van der Waals surface area contributed by atoms with E-state index in [1.54, 1.807) is 19.2 Å². The van der Waals surface area contributed by atoms with Gasteiger partial charge in [0.2, 0.25) is 0 Å². The quantitative estimate of drug-likeness (QED) is 0.337. The van der Waals surface area contributed by atoms with Gasteiger partial charge in [-0.2, -0.15) is 0 Å². The van der Waals surface area contributed by atoms with Crippen LogP contribution in [0.15, 0.2) is 23.8 Å². The molecular formula is C22H36O7. The summed E-state index contributed by atoms with van der Waals surface area (Å²) < 4.78 is 32.0. The van der Waals surface area contributed by atoms with Gasteiger partial charge < -0.3 is 33.5 Å². The van der Waals surface area contributed by atoms with E-state index in [1.165, 1.54) is 19.8 Å². The van der Waals surface area contributed by atoms with Crippen LogP contribution in [0.4, 0.5) is 0 Å². The van der Waals surface area contributed by atoms with Crippen molar-refractivity contribution in [2.75, 3.05) is 41.7 Å². The molecule has 0 saturated heterocycles. The molecule has 0 saturated carbocycles. The molecule has 0 amide bonds. The monoisotopic (exact) mass is 412 g/mol. The van der Waals surface area contributed by atoms with Crippen LogP contribution in [0, 0.1) is 5.92 Å². The van der Waals surface area contributed by atoms with Gasteiger partial charge in [-0.05, 0) is 39.0 Å². The third-order valence-electron chi connectivity index (χ3n) is 4.26. The standard InChI is InChI=1S/C22H36O7/c1-16(2)8-7-9-17(3)10-19(23)22-20(28-14-25-5)11-18(27-13-24-4)12-21(22)29-15-26-6/h8,11-12,17,19,23H,7,9-10,13-15H2,1-6H3/t17-,19?/m0/s1. The van der Waals surface area contributed by atoms with Crippen molar-refractivity contribution in [1.82, 2.24) is 0 Å². The van der Waals surface area contributed by atoms with Crippen LogP contribution in [0.1, 0.15) is 51.7 Å². The molecular weight excluding hydrogens is 376 g/mol. The fraction of sp³-hybridized carbons (Fsp3) is 0.636. The molecule has 1 aromatic rings. The Morgan fingerprint density at radius 1 is 0.931 bits per heavy atom. The van der Waals surface area contributed by atoms with E-state index in [4.69, 9.17) is 28.4 Å². The largest absolute Gasteiger partial charge is 0.467 e. The minimum absolute atomic E-state index is 0.0350. The van der Waals surface area contributed by atoms with Gasteiger partial charge in [0.15, 0.2) is 20.4 Å². The van der Waals surface area contributed by atoms with Crippen LogP contribution in [0.5, 0.6) is 17.2 Å². The predicted octanol–water partition coefficient (Wildman–Crippen LogP) is 4.44. The summed E-state index contributed by atoms with van der Waals surface area (Å²) in [5, 5.41) is 11.0. The van der Waals surface area contributed by atoms with Gasteiger partial charge in [0, 0.05) is 33.5 Å². The van der Waals surface area contributed by atoms with E-state index >= 15 is 0 Å². The van der Waals surface area contributed by atoms with E-state index in [-0.39, 0.29) is 20.4 Å². The molecule has 1 aromatic carbocycles. The highest BCUT2D eigenvalue weighted by atomic mass is 16.7. The minimum Gasteiger partial charge on any atom is -0.467 e. The molecule has 1 N–H and O–H groups in total. The molecule has 166 valence electrons. The van der Waals surface area contributed by atoms with E-state index in [0.29, 0.717) is 35.2 Å². The average Bonchev–Trinajstić information content (AvgIpc) is 2.68. The molecule has 7 nitrogen and oxygen atoms in total. The van der Waals surface area contributed by atoms with Gasteiger partial charge in [0.25, 0.3) is 0 Å². The lowest BCUT2D eigenvalue weighted by atomic mass is 9.93. The molecule has 0 aliphatic heterocycles. The van der Waals surface area contributed by atoms with Gasteiger partial charge in [0.05, 0.1) is 11.7 Å². The minimum atomic E-state index is -0.771. The highest BCUT2D eigenvalue weighted by molar-refractivity contribution is 5.52. The van der Waals surface area contributed by atoms with Gasteiger partial charge >= 0.3 is 0 Å². The summed E-state index contributed by atoms with van der Waals surface area (Å²) in [6.07, 6.45) is 3.99. The zero-order valence-electron chi connectivity index (χ0n) is 18.5. The van der Waals surface area contributed by atoms with Crippen LogP contribution < -0.4 is 14.2 Å². The fourth-order valence-corrected chi connectivity index (χ4v) is 2.87. The Hall–Kier alpha value is -1.80. The number of benzene rings is 1. The Kier molecular flexibility index (Phi) is 12.4. The summed E-state index contributed by atoms with van der Waals surface area (Å²) in [4.78, 5) is 0. The number of hydrogen-bond acceptors (Lipinski definition) is 7. The maximum absolute atomic E-state index is 11.0. The first-order chi connectivity index (χ1) is 13.9. The molecule has 0 fully saturated rings. The lowest BCUT2D eigenvalue weighted by molar-refractivity contribution is 0.0352. The van der Waals surface area contributed by atoms with Crippen molar-refractivity contribution in [3.05, 3.63) is 29.3 Å². The SMILES string of the molecule is COCOc1cc(OCOC)c(C(O)C[C@@H](C)CCC=C(C)C)c(OCOC)c1. The number of methoxy groups -OCH3 is 3. The van der Waals surface area contributed by atoms with Crippen molar-refractivity contribution in [3.63, 3.8) is 0 Å². The average molecular weight is 413 g/mol. The normalized spacial score (nSPS) is 12.9. The molecule has 1 unspecified atom stereocenters.